The number of para-hydroxylation sites is 1. The molecule has 0 atom stereocenters. The SMILES string of the molecule is Cc1cccc(NC(=O)COc2ccccc2/C=N/NC(=O)C(=O)NC2CC2)c1C. The molecule has 2 aromatic carbocycles. The van der Waals surface area contributed by atoms with Crippen molar-refractivity contribution in [2.45, 2.75) is 32.7 Å². The van der Waals surface area contributed by atoms with Crippen LogP contribution in [0.25, 0.3) is 0 Å². The van der Waals surface area contributed by atoms with Gasteiger partial charge in [-0.1, -0.05) is 24.3 Å². The molecule has 3 N–H and O–H groups in total. The zero-order valence-corrected chi connectivity index (χ0v) is 16.9. The van der Waals surface area contributed by atoms with Crippen molar-refractivity contribution in [2.75, 3.05) is 11.9 Å². The van der Waals surface area contributed by atoms with E-state index in [9.17, 15) is 14.4 Å². The van der Waals surface area contributed by atoms with Gasteiger partial charge in [-0.2, -0.15) is 5.10 Å². The molecule has 1 fully saturated rings. The fourth-order valence-corrected chi connectivity index (χ4v) is 2.62. The van der Waals surface area contributed by atoms with Gasteiger partial charge in [-0.05, 0) is 56.0 Å². The molecular weight excluding hydrogens is 384 g/mol. The Kier molecular flexibility index (Phi) is 6.79. The van der Waals surface area contributed by atoms with Crippen LogP contribution in [0.3, 0.4) is 0 Å². The van der Waals surface area contributed by atoms with Crippen molar-refractivity contribution < 1.29 is 19.1 Å². The second kappa shape index (κ2) is 9.69. The number of amides is 3. The third kappa shape index (κ3) is 5.91. The molecule has 2 aromatic rings. The fourth-order valence-electron chi connectivity index (χ4n) is 2.62. The second-order valence-electron chi connectivity index (χ2n) is 7.07. The van der Waals surface area contributed by atoms with Crippen LogP contribution in [-0.2, 0) is 14.4 Å². The molecule has 1 aliphatic rings. The first-order valence-corrected chi connectivity index (χ1v) is 9.66. The lowest BCUT2D eigenvalue weighted by atomic mass is 10.1. The van der Waals surface area contributed by atoms with Gasteiger partial charge in [0.2, 0.25) is 0 Å². The molecule has 3 amide bonds. The van der Waals surface area contributed by atoms with E-state index in [2.05, 4.69) is 21.2 Å². The first-order chi connectivity index (χ1) is 14.4. The largest absolute Gasteiger partial charge is 0.483 e. The number of benzene rings is 2. The molecule has 8 nitrogen and oxygen atoms in total. The molecule has 1 aliphatic carbocycles. The lowest BCUT2D eigenvalue weighted by Crippen LogP contribution is -2.38. The molecular formula is C22H24N4O4. The summed E-state index contributed by atoms with van der Waals surface area (Å²) < 4.78 is 5.61. The normalized spacial score (nSPS) is 13.0. The van der Waals surface area contributed by atoms with E-state index in [0.717, 1.165) is 29.7 Å². The van der Waals surface area contributed by atoms with Crippen LogP contribution in [0, 0.1) is 13.8 Å². The molecule has 30 heavy (non-hydrogen) atoms. The van der Waals surface area contributed by atoms with Gasteiger partial charge in [-0.15, -0.1) is 0 Å². The standard InChI is InChI=1S/C22H24N4O4/c1-14-6-5-8-18(15(14)2)25-20(27)13-30-19-9-4-3-7-16(19)12-23-26-22(29)21(28)24-17-10-11-17/h3-9,12,17H,10-11,13H2,1-2H3,(H,24,28)(H,25,27)(H,26,29)/b23-12+. The molecule has 0 saturated heterocycles. The average molecular weight is 408 g/mol. The molecule has 1 saturated carbocycles. The van der Waals surface area contributed by atoms with Crippen molar-refractivity contribution in [3.05, 3.63) is 59.2 Å². The number of nitrogens with one attached hydrogen (secondary N) is 3. The molecule has 8 heteroatoms. The van der Waals surface area contributed by atoms with Crippen LogP contribution < -0.4 is 20.8 Å². The van der Waals surface area contributed by atoms with Crippen molar-refractivity contribution in [1.82, 2.24) is 10.7 Å². The van der Waals surface area contributed by atoms with Crippen LogP contribution in [0.2, 0.25) is 0 Å². The number of hydrogen-bond donors (Lipinski definition) is 3. The van der Waals surface area contributed by atoms with Gasteiger partial charge in [0.05, 0.1) is 6.21 Å². The van der Waals surface area contributed by atoms with E-state index in [1.807, 2.05) is 32.0 Å². The van der Waals surface area contributed by atoms with Gasteiger partial charge in [-0.25, -0.2) is 5.43 Å². The molecule has 0 aromatic heterocycles. The quantitative estimate of drug-likeness (QED) is 0.370. The molecule has 0 radical (unpaired) electrons. The highest BCUT2D eigenvalue weighted by Gasteiger charge is 2.26. The third-order valence-electron chi connectivity index (χ3n) is 4.65. The number of hydrazone groups is 1. The van der Waals surface area contributed by atoms with Crippen molar-refractivity contribution in [3.8, 4) is 5.75 Å². The number of nitrogens with zero attached hydrogens (tertiary/aromatic N) is 1. The number of rotatable bonds is 7. The number of hydrogen-bond acceptors (Lipinski definition) is 5. The monoisotopic (exact) mass is 408 g/mol. The Bertz CT molecular complexity index is 983. The molecule has 156 valence electrons. The highest BCUT2D eigenvalue weighted by Crippen LogP contribution is 2.19. The van der Waals surface area contributed by atoms with E-state index in [0.29, 0.717) is 11.3 Å². The Morgan fingerprint density at radius 2 is 1.83 bits per heavy atom. The van der Waals surface area contributed by atoms with E-state index >= 15 is 0 Å². The van der Waals surface area contributed by atoms with Crippen LogP contribution >= 0.6 is 0 Å². The average Bonchev–Trinajstić information content (AvgIpc) is 3.54. The molecule has 0 unspecified atom stereocenters. The highest BCUT2D eigenvalue weighted by molar-refractivity contribution is 6.35. The Labute approximate surface area is 174 Å². The fraction of sp³-hybridized carbons (Fsp3) is 0.273. The van der Waals surface area contributed by atoms with Gasteiger partial charge >= 0.3 is 11.8 Å². The Hall–Kier alpha value is -3.68. The Balaban J connectivity index is 1.54. The van der Waals surface area contributed by atoms with Crippen molar-refractivity contribution in [3.63, 3.8) is 0 Å². The van der Waals surface area contributed by atoms with Crippen molar-refractivity contribution in [2.24, 2.45) is 5.10 Å². The van der Waals surface area contributed by atoms with Crippen molar-refractivity contribution >= 4 is 29.6 Å². The summed E-state index contributed by atoms with van der Waals surface area (Å²) in [7, 11) is 0. The molecule has 0 bridgehead atoms. The summed E-state index contributed by atoms with van der Waals surface area (Å²) in [5, 5.41) is 9.21. The molecule has 0 heterocycles. The van der Waals surface area contributed by atoms with E-state index in [4.69, 9.17) is 4.74 Å². The van der Waals surface area contributed by atoms with Gasteiger partial charge in [0.15, 0.2) is 6.61 Å². The first kappa shape index (κ1) is 21.0. The number of carbonyl (C=O) groups excluding carboxylic acids is 3. The summed E-state index contributed by atoms with van der Waals surface area (Å²) in [5.74, 6) is -1.40. The van der Waals surface area contributed by atoms with Crippen LogP contribution in [0.5, 0.6) is 5.75 Å². The highest BCUT2D eigenvalue weighted by atomic mass is 16.5. The van der Waals surface area contributed by atoms with E-state index < -0.39 is 11.8 Å². The lowest BCUT2D eigenvalue weighted by molar-refractivity contribution is -0.139. The minimum absolute atomic E-state index is 0.0936. The Morgan fingerprint density at radius 1 is 1.07 bits per heavy atom. The maximum Gasteiger partial charge on any atom is 0.329 e. The van der Waals surface area contributed by atoms with Crippen LogP contribution in [0.15, 0.2) is 47.6 Å². The zero-order valence-electron chi connectivity index (χ0n) is 16.9. The maximum atomic E-state index is 12.3. The topological polar surface area (TPSA) is 109 Å². The molecule has 3 rings (SSSR count). The van der Waals surface area contributed by atoms with E-state index in [-0.39, 0.29) is 18.6 Å². The van der Waals surface area contributed by atoms with Gasteiger partial charge in [0, 0.05) is 17.3 Å². The van der Waals surface area contributed by atoms with E-state index in [1.54, 1.807) is 24.3 Å². The smallest absolute Gasteiger partial charge is 0.329 e. The summed E-state index contributed by atoms with van der Waals surface area (Å²) in [4.78, 5) is 35.6. The van der Waals surface area contributed by atoms with Gasteiger partial charge in [0.25, 0.3) is 5.91 Å². The van der Waals surface area contributed by atoms with Crippen LogP contribution in [0.1, 0.15) is 29.5 Å². The molecule has 0 aliphatic heterocycles. The predicted octanol–water partition coefficient (Wildman–Crippen LogP) is 2.05. The molecule has 0 spiro atoms. The summed E-state index contributed by atoms with van der Waals surface area (Å²) in [6, 6.07) is 12.7. The predicted molar refractivity (Wildman–Crippen MR) is 113 cm³/mol. The summed E-state index contributed by atoms with van der Waals surface area (Å²) in [6.45, 7) is 3.73. The van der Waals surface area contributed by atoms with Gasteiger partial charge in [0.1, 0.15) is 5.75 Å². The minimum Gasteiger partial charge on any atom is -0.483 e. The first-order valence-electron chi connectivity index (χ1n) is 9.66. The summed E-state index contributed by atoms with van der Waals surface area (Å²) in [5.41, 5.74) is 5.57. The van der Waals surface area contributed by atoms with Crippen molar-refractivity contribution in [1.29, 1.82) is 0 Å². The number of carbonyl (C=O) groups is 3. The van der Waals surface area contributed by atoms with Gasteiger partial charge < -0.3 is 15.4 Å². The van der Waals surface area contributed by atoms with Crippen LogP contribution in [0.4, 0.5) is 5.69 Å². The Morgan fingerprint density at radius 3 is 2.60 bits per heavy atom. The minimum atomic E-state index is -0.829. The second-order valence-corrected chi connectivity index (χ2v) is 7.07. The van der Waals surface area contributed by atoms with Crippen LogP contribution in [-0.4, -0.2) is 36.6 Å². The van der Waals surface area contributed by atoms with E-state index in [1.165, 1.54) is 6.21 Å². The number of anilines is 1. The summed E-state index contributed by atoms with van der Waals surface area (Å²) in [6.07, 6.45) is 3.15. The number of ether oxygens (including phenoxy) is 1. The summed E-state index contributed by atoms with van der Waals surface area (Å²) >= 11 is 0. The third-order valence-corrected chi connectivity index (χ3v) is 4.65. The lowest BCUT2D eigenvalue weighted by Gasteiger charge is -2.12. The number of aryl methyl sites for hydroxylation is 1. The zero-order chi connectivity index (χ0) is 21.5. The maximum absolute atomic E-state index is 12.3. The van der Waals surface area contributed by atoms with Gasteiger partial charge in [-0.3, -0.25) is 14.4 Å².